The second-order valence-corrected chi connectivity index (χ2v) is 7.21. The van der Waals surface area contributed by atoms with Crippen molar-refractivity contribution < 1.29 is 4.79 Å². The third-order valence-corrected chi connectivity index (χ3v) is 5.65. The number of benzene rings is 1. The van der Waals surface area contributed by atoms with Gasteiger partial charge in [-0.15, -0.1) is 23.7 Å². The second-order valence-electron chi connectivity index (χ2n) is 4.95. The van der Waals surface area contributed by atoms with Gasteiger partial charge in [0.1, 0.15) is 0 Å². The minimum atomic E-state index is 0. The van der Waals surface area contributed by atoms with Crippen LogP contribution in [0.1, 0.15) is 12.8 Å². The molecule has 2 heterocycles. The number of hydrogen-bond acceptors (Lipinski definition) is 5. The summed E-state index contributed by atoms with van der Waals surface area (Å²) < 4.78 is 2.14. The number of carbonyl (C=O) groups is 1. The fourth-order valence-electron chi connectivity index (χ4n) is 2.28. The van der Waals surface area contributed by atoms with E-state index in [4.69, 9.17) is 5.73 Å². The highest BCUT2D eigenvalue weighted by molar-refractivity contribution is 8.01. The van der Waals surface area contributed by atoms with Gasteiger partial charge in [0, 0.05) is 19.1 Å². The van der Waals surface area contributed by atoms with Gasteiger partial charge in [0.05, 0.1) is 16.0 Å². The standard InChI is InChI=1S/C14H17N3OS2.ClH/c15-10-5-7-17(8-6-10)13(18)9-19-14-16-11-3-1-2-4-12(11)20-14;/h1-4,10H,5-9,15H2;1H. The Labute approximate surface area is 138 Å². The van der Waals surface area contributed by atoms with Gasteiger partial charge >= 0.3 is 0 Å². The topological polar surface area (TPSA) is 59.2 Å². The zero-order valence-corrected chi connectivity index (χ0v) is 14.0. The molecule has 1 saturated heterocycles. The number of carbonyl (C=O) groups excluding carboxylic acids is 1. The van der Waals surface area contributed by atoms with E-state index >= 15 is 0 Å². The highest BCUT2D eigenvalue weighted by Crippen LogP contribution is 2.29. The van der Waals surface area contributed by atoms with Crippen molar-refractivity contribution in [2.24, 2.45) is 5.73 Å². The molecule has 4 nitrogen and oxygen atoms in total. The van der Waals surface area contributed by atoms with Gasteiger partial charge < -0.3 is 10.6 Å². The number of thiazole rings is 1. The van der Waals surface area contributed by atoms with Crippen molar-refractivity contribution in [3.63, 3.8) is 0 Å². The van der Waals surface area contributed by atoms with E-state index < -0.39 is 0 Å². The quantitative estimate of drug-likeness (QED) is 0.870. The average molecular weight is 344 g/mol. The highest BCUT2D eigenvalue weighted by atomic mass is 35.5. The lowest BCUT2D eigenvalue weighted by atomic mass is 10.1. The molecule has 0 atom stereocenters. The van der Waals surface area contributed by atoms with Gasteiger partial charge in [-0.1, -0.05) is 23.9 Å². The number of likely N-dealkylation sites (tertiary alicyclic amines) is 1. The van der Waals surface area contributed by atoms with Crippen LogP contribution in [0.2, 0.25) is 0 Å². The van der Waals surface area contributed by atoms with Crippen LogP contribution in [0.5, 0.6) is 0 Å². The Morgan fingerprint density at radius 3 is 2.81 bits per heavy atom. The van der Waals surface area contributed by atoms with Crippen molar-refractivity contribution in [1.29, 1.82) is 0 Å². The normalized spacial score (nSPS) is 16.0. The Morgan fingerprint density at radius 1 is 1.38 bits per heavy atom. The summed E-state index contributed by atoms with van der Waals surface area (Å²) in [5.74, 6) is 0.663. The lowest BCUT2D eigenvalue weighted by molar-refractivity contribution is -0.129. The summed E-state index contributed by atoms with van der Waals surface area (Å²) in [6.07, 6.45) is 1.83. The van der Waals surface area contributed by atoms with Crippen LogP contribution in [0.25, 0.3) is 10.2 Å². The predicted molar refractivity (Wildman–Crippen MR) is 91.4 cm³/mol. The molecule has 1 amide bonds. The zero-order chi connectivity index (χ0) is 13.9. The van der Waals surface area contributed by atoms with Gasteiger partial charge in [-0.25, -0.2) is 4.98 Å². The molecule has 114 valence electrons. The molecule has 0 radical (unpaired) electrons. The molecule has 0 bridgehead atoms. The predicted octanol–water partition coefficient (Wildman–Crippen LogP) is 2.76. The summed E-state index contributed by atoms with van der Waals surface area (Å²) in [6, 6.07) is 8.32. The minimum absolute atomic E-state index is 0. The maximum Gasteiger partial charge on any atom is 0.233 e. The molecule has 3 rings (SSSR count). The first kappa shape index (κ1) is 16.5. The van der Waals surface area contributed by atoms with Crippen LogP contribution in [0.15, 0.2) is 28.6 Å². The third-order valence-electron chi connectivity index (χ3n) is 3.49. The number of amides is 1. The number of hydrogen-bond donors (Lipinski definition) is 1. The van der Waals surface area contributed by atoms with Crippen LogP contribution in [0.4, 0.5) is 0 Å². The third kappa shape index (κ3) is 4.10. The van der Waals surface area contributed by atoms with Crippen molar-refractivity contribution in [2.45, 2.75) is 23.2 Å². The number of halogens is 1. The van der Waals surface area contributed by atoms with E-state index in [-0.39, 0.29) is 24.4 Å². The summed E-state index contributed by atoms with van der Waals surface area (Å²) in [5.41, 5.74) is 6.86. The number of fused-ring (bicyclic) bond motifs is 1. The molecule has 7 heteroatoms. The SMILES string of the molecule is Cl.NC1CCN(C(=O)CSc2nc3ccccc3s2)CC1. The number of piperidine rings is 1. The maximum absolute atomic E-state index is 12.1. The Kier molecular flexibility index (Phi) is 5.87. The van der Waals surface area contributed by atoms with Gasteiger partial charge in [0.15, 0.2) is 4.34 Å². The monoisotopic (exact) mass is 343 g/mol. The summed E-state index contributed by atoms with van der Waals surface area (Å²) >= 11 is 3.18. The molecule has 1 aliphatic heterocycles. The largest absolute Gasteiger partial charge is 0.342 e. The fraction of sp³-hybridized carbons (Fsp3) is 0.429. The Balaban J connectivity index is 0.00000161. The molecule has 1 aliphatic rings. The first-order valence-corrected chi connectivity index (χ1v) is 8.54. The smallest absolute Gasteiger partial charge is 0.233 e. The van der Waals surface area contributed by atoms with Crippen molar-refractivity contribution in [1.82, 2.24) is 9.88 Å². The number of rotatable bonds is 3. The summed E-state index contributed by atoms with van der Waals surface area (Å²) in [4.78, 5) is 18.6. The number of thioether (sulfide) groups is 1. The molecule has 0 unspecified atom stereocenters. The highest BCUT2D eigenvalue weighted by Gasteiger charge is 2.20. The molecule has 1 aromatic carbocycles. The van der Waals surface area contributed by atoms with Crippen LogP contribution in [-0.4, -0.2) is 40.7 Å². The number of nitrogens with zero attached hydrogens (tertiary/aromatic N) is 2. The van der Waals surface area contributed by atoms with Crippen molar-refractivity contribution in [2.75, 3.05) is 18.8 Å². The van der Waals surface area contributed by atoms with Gasteiger partial charge in [-0.3, -0.25) is 4.79 Å². The van der Waals surface area contributed by atoms with Crippen LogP contribution in [0, 0.1) is 0 Å². The van der Waals surface area contributed by atoms with Crippen molar-refractivity contribution >= 4 is 51.6 Å². The molecule has 2 N–H and O–H groups in total. The van der Waals surface area contributed by atoms with Crippen LogP contribution >= 0.6 is 35.5 Å². The van der Waals surface area contributed by atoms with Gasteiger partial charge in [-0.05, 0) is 25.0 Å². The number of aromatic nitrogens is 1. The Bertz CT molecular complexity index is 578. The van der Waals surface area contributed by atoms with Crippen LogP contribution in [-0.2, 0) is 4.79 Å². The zero-order valence-electron chi connectivity index (χ0n) is 11.5. The van der Waals surface area contributed by atoms with Gasteiger partial charge in [-0.2, -0.15) is 0 Å². The van der Waals surface area contributed by atoms with E-state index in [1.165, 1.54) is 16.5 Å². The van der Waals surface area contributed by atoms with Crippen LogP contribution in [0.3, 0.4) is 0 Å². The summed E-state index contributed by atoms with van der Waals surface area (Å²) in [7, 11) is 0. The molecular formula is C14H18ClN3OS2. The minimum Gasteiger partial charge on any atom is -0.342 e. The molecule has 0 aliphatic carbocycles. The van der Waals surface area contributed by atoms with E-state index in [0.717, 1.165) is 35.8 Å². The number of para-hydroxylation sites is 1. The summed E-state index contributed by atoms with van der Waals surface area (Å²) in [5, 5.41) is 0. The molecule has 0 spiro atoms. The van der Waals surface area contributed by atoms with E-state index in [9.17, 15) is 4.79 Å². The first-order valence-electron chi connectivity index (χ1n) is 6.74. The molecule has 1 aromatic heterocycles. The molecule has 2 aromatic rings. The molecule has 0 saturated carbocycles. The molecule has 1 fully saturated rings. The first-order chi connectivity index (χ1) is 9.72. The molecule has 21 heavy (non-hydrogen) atoms. The fourth-order valence-corrected chi connectivity index (χ4v) is 4.25. The number of nitrogens with two attached hydrogens (primary N) is 1. The molecular weight excluding hydrogens is 326 g/mol. The van der Waals surface area contributed by atoms with Crippen molar-refractivity contribution in [3.05, 3.63) is 24.3 Å². The van der Waals surface area contributed by atoms with Gasteiger partial charge in [0.25, 0.3) is 0 Å². The van der Waals surface area contributed by atoms with E-state index in [1.807, 2.05) is 23.1 Å². The Morgan fingerprint density at radius 2 is 2.10 bits per heavy atom. The van der Waals surface area contributed by atoms with Crippen molar-refractivity contribution in [3.8, 4) is 0 Å². The lowest BCUT2D eigenvalue weighted by Crippen LogP contribution is -2.43. The lowest BCUT2D eigenvalue weighted by Gasteiger charge is -2.30. The Hall–Kier alpha value is -0.820. The average Bonchev–Trinajstić information content (AvgIpc) is 2.88. The van der Waals surface area contributed by atoms with E-state index in [0.29, 0.717) is 5.75 Å². The second kappa shape index (κ2) is 7.45. The van der Waals surface area contributed by atoms with E-state index in [1.54, 1.807) is 11.3 Å². The summed E-state index contributed by atoms with van der Waals surface area (Å²) in [6.45, 7) is 1.58. The van der Waals surface area contributed by atoms with Gasteiger partial charge in [0.2, 0.25) is 5.91 Å². The maximum atomic E-state index is 12.1. The van der Waals surface area contributed by atoms with E-state index in [2.05, 4.69) is 11.1 Å². The van der Waals surface area contributed by atoms with Crippen LogP contribution < -0.4 is 5.73 Å².